The van der Waals surface area contributed by atoms with Crippen LogP contribution in [0.2, 0.25) is 0 Å². The van der Waals surface area contributed by atoms with Gasteiger partial charge < -0.3 is 6.15 Å². The van der Waals surface area contributed by atoms with Gasteiger partial charge in [0.25, 0.3) is 6.43 Å². The van der Waals surface area contributed by atoms with Gasteiger partial charge in [-0.05, 0) is 0 Å². The highest BCUT2D eigenvalue weighted by Crippen LogP contribution is 1.91. The monoisotopic (exact) mass is 117 g/mol. The molecule has 0 aromatic carbocycles. The number of halogens is 3. The normalized spacial score (nSPS) is 8.00. The van der Waals surface area contributed by atoms with Crippen LogP contribution in [0.3, 0.4) is 0 Å². The summed E-state index contributed by atoms with van der Waals surface area (Å²) < 4.78 is 21.3. The van der Waals surface area contributed by atoms with Crippen molar-refractivity contribution in [1.29, 1.82) is 0 Å². The van der Waals surface area contributed by atoms with E-state index in [-0.39, 0.29) is 6.15 Å². The van der Waals surface area contributed by atoms with Crippen LogP contribution in [0.1, 0.15) is 0 Å². The summed E-state index contributed by atoms with van der Waals surface area (Å²) in [6, 6.07) is 0. The Kier molecular flexibility index (Phi) is 8.04. The molecule has 0 bridgehead atoms. The molecule has 6 heavy (non-hydrogen) atoms. The van der Waals surface area contributed by atoms with Crippen molar-refractivity contribution in [3.63, 3.8) is 0 Å². The molecule has 0 fully saturated rings. The van der Waals surface area contributed by atoms with Crippen molar-refractivity contribution in [2.24, 2.45) is 0 Å². The van der Waals surface area contributed by atoms with Crippen LogP contribution in [-0.2, 0) is 0 Å². The van der Waals surface area contributed by atoms with E-state index in [9.17, 15) is 8.78 Å². The van der Waals surface area contributed by atoms with E-state index in [1.165, 1.54) is 0 Å². The number of alkyl halides is 3. The highest BCUT2D eigenvalue weighted by molar-refractivity contribution is 6.18. The molecule has 0 saturated heterocycles. The zero-order valence-corrected chi connectivity index (χ0v) is 3.88. The molecule has 40 valence electrons. The molecule has 0 aromatic rings. The first kappa shape index (κ1) is 9.44. The summed E-state index contributed by atoms with van der Waals surface area (Å²) in [5.74, 6) is -0.556. The molecule has 4 heteroatoms. The highest BCUT2D eigenvalue weighted by atomic mass is 35.5. The van der Waals surface area contributed by atoms with Crippen molar-refractivity contribution >= 4 is 11.6 Å². The summed E-state index contributed by atoms with van der Waals surface area (Å²) in [6.07, 6.45) is -2.35. The first-order chi connectivity index (χ1) is 2.27. The third-order valence-electron chi connectivity index (χ3n) is 0.117. The average molecular weight is 118 g/mol. The predicted octanol–water partition coefficient (Wildman–Crippen LogP) is 1.65. The molecule has 0 amide bonds. The van der Waals surface area contributed by atoms with Crippen LogP contribution in [0.4, 0.5) is 8.78 Å². The molecular weight excluding hydrogens is 111 g/mol. The van der Waals surface area contributed by atoms with Gasteiger partial charge in [0.1, 0.15) is 0 Å². The molecule has 0 atom stereocenters. The highest BCUT2D eigenvalue weighted by Gasteiger charge is 1.93. The topological polar surface area (TPSA) is 35.0 Å². The molecule has 0 saturated carbocycles. The second-order valence-electron chi connectivity index (χ2n) is 0.545. The van der Waals surface area contributed by atoms with Gasteiger partial charge in [-0.15, -0.1) is 11.6 Å². The molecule has 0 aliphatic heterocycles. The summed E-state index contributed by atoms with van der Waals surface area (Å²) in [6.45, 7) is 0. The standard InChI is InChI=1S/C2H3ClF2.H3N/c3-1-2(4)5;/h2H,1H2;1H3. The van der Waals surface area contributed by atoms with E-state index >= 15 is 0 Å². The number of rotatable bonds is 1. The lowest BCUT2D eigenvalue weighted by Crippen LogP contribution is -1.87. The molecule has 0 aliphatic rings. The minimum atomic E-state index is -2.35. The fourth-order valence-electron chi connectivity index (χ4n) is 0. The Balaban J connectivity index is 0. The third kappa shape index (κ3) is 8.93. The summed E-state index contributed by atoms with van der Waals surface area (Å²) in [4.78, 5) is 0. The summed E-state index contributed by atoms with van der Waals surface area (Å²) in [5, 5.41) is 0. The Morgan fingerprint density at radius 3 is 1.67 bits per heavy atom. The van der Waals surface area contributed by atoms with E-state index in [0.717, 1.165) is 0 Å². The minimum absolute atomic E-state index is 0. The van der Waals surface area contributed by atoms with E-state index in [4.69, 9.17) is 0 Å². The fraction of sp³-hybridized carbons (Fsp3) is 1.00. The van der Waals surface area contributed by atoms with Crippen LogP contribution >= 0.6 is 11.6 Å². The zero-order chi connectivity index (χ0) is 4.28. The molecule has 3 N–H and O–H groups in total. The minimum Gasteiger partial charge on any atom is -0.344 e. The van der Waals surface area contributed by atoms with Crippen molar-refractivity contribution in [2.75, 3.05) is 5.88 Å². The fourth-order valence-corrected chi connectivity index (χ4v) is 0. The van der Waals surface area contributed by atoms with E-state index in [1.807, 2.05) is 0 Å². The van der Waals surface area contributed by atoms with Gasteiger partial charge in [-0.25, -0.2) is 8.78 Å². The van der Waals surface area contributed by atoms with Crippen molar-refractivity contribution in [1.82, 2.24) is 6.15 Å². The van der Waals surface area contributed by atoms with Gasteiger partial charge in [-0.2, -0.15) is 0 Å². The van der Waals surface area contributed by atoms with E-state index in [2.05, 4.69) is 11.6 Å². The Hall–Kier alpha value is 0.110. The molecule has 0 radical (unpaired) electrons. The van der Waals surface area contributed by atoms with Crippen LogP contribution in [-0.4, -0.2) is 12.3 Å². The Labute approximate surface area is 39.9 Å². The van der Waals surface area contributed by atoms with Gasteiger partial charge in [0, 0.05) is 0 Å². The van der Waals surface area contributed by atoms with Crippen LogP contribution in [0.15, 0.2) is 0 Å². The Bertz CT molecular complexity index is 25.5. The van der Waals surface area contributed by atoms with Crippen LogP contribution in [0, 0.1) is 0 Å². The van der Waals surface area contributed by atoms with Gasteiger partial charge in [0.2, 0.25) is 0 Å². The first-order valence-corrected chi connectivity index (χ1v) is 1.65. The molecule has 0 rings (SSSR count). The maximum atomic E-state index is 10.6. The van der Waals surface area contributed by atoms with Crippen molar-refractivity contribution in [3.8, 4) is 0 Å². The average Bonchev–Trinajstić information content (AvgIpc) is 1.38. The van der Waals surface area contributed by atoms with Gasteiger partial charge in [-0.1, -0.05) is 0 Å². The van der Waals surface area contributed by atoms with Crippen molar-refractivity contribution < 1.29 is 8.78 Å². The summed E-state index contributed by atoms with van der Waals surface area (Å²) >= 11 is 4.59. The number of hydrogen-bond donors (Lipinski definition) is 1. The van der Waals surface area contributed by atoms with E-state index in [1.54, 1.807) is 0 Å². The van der Waals surface area contributed by atoms with E-state index in [0.29, 0.717) is 0 Å². The quantitative estimate of drug-likeness (QED) is 0.521. The predicted molar refractivity (Wildman–Crippen MR) is 21.7 cm³/mol. The zero-order valence-electron chi connectivity index (χ0n) is 3.13. The molecule has 0 spiro atoms. The van der Waals surface area contributed by atoms with Crippen molar-refractivity contribution in [2.45, 2.75) is 6.43 Å². The Morgan fingerprint density at radius 1 is 1.50 bits per heavy atom. The van der Waals surface area contributed by atoms with Crippen LogP contribution in [0.25, 0.3) is 0 Å². The molecule has 1 nitrogen and oxygen atoms in total. The third-order valence-corrected chi connectivity index (χ3v) is 0.350. The van der Waals surface area contributed by atoms with Crippen LogP contribution < -0.4 is 6.15 Å². The lowest BCUT2D eigenvalue weighted by molar-refractivity contribution is 0.175. The Morgan fingerprint density at radius 2 is 1.67 bits per heavy atom. The van der Waals surface area contributed by atoms with Crippen molar-refractivity contribution in [3.05, 3.63) is 0 Å². The van der Waals surface area contributed by atoms with Gasteiger partial charge in [0.15, 0.2) is 0 Å². The first-order valence-electron chi connectivity index (χ1n) is 1.11. The van der Waals surface area contributed by atoms with Gasteiger partial charge >= 0.3 is 0 Å². The second kappa shape index (κ2) is 5.11. The maximum absolute atomic E-state index is 10.6. The summed E-state index contributed by atoms with van der Waals surface area (Å²) in [7, 11) is 0. The smallest absolute Gasteiger partial charge is 0.251 e. The molecular formula is C2H6ClF2N. The molecule has 0 aromatic heterocycles. The largest absolute Gasteiger partial charge is 0.344 e. The second-order valence-corrected chi connectivity index (χ2v) is 0.854. The molecule has 0 heterocycles. The maximum Gasteiger partial charge on any atom is 0.251 e. The lowest BCUT2D eigenvalue weighted by Gasteiger charge is -1.79. The lowest BCUT2D eigenvalue weighted by atomic mass is 10.9. The van der Waals surface area contributed by atoms with Gasteiger partial charge in [-0.3, -0.25) is 0 Å². The molecule has 0 aliphatic carbocycles. The molecule has 0 unspecified atom stereocenters. The number of hydrogen-bond acceptors (Lipinski definition) is 1. The van der Waals surface area contributed by atoms with Crippen LogP contribution in [0.5, 0.6) is 0 Å². The SMILES string of the molecule is FC(F)CCl.N. The van der Waals surface area contributed by atoms with E-state index < -0.39 is 12.3 Å². The van der Waals surface area contributed by atoms with Gasteiger partial charge in [0.05, 0.1) is 5.88 Å². The summed E-state index contributed by atoms with van der Waals surface area (Å²) in [5.41, 5.74) is 0.